The molecule has 24 heavy (non-hydrogen) atoms. The number of benzene rings is 1. The number of unbranched alkanes of at least 4 members (excludes halogenated alkanes) is 2. The number of rotatable bonds is 9. The van der Waals surface area contributed by atoms with E-state index in [2.05, 4.69) is 6.92 Å². The van der Waals surface area contributed by atoms with Crippen molar-refractivity contribution in [2.75, 3.05) is 6.61 Å². The molecule has 1 aliphatic heterocycles. The van der Waals surface area contributed by atoms with E-state index in [0.717, 1.165) is 56.9 Å². The Morgan fingerprint density at radius 2 is 1.79 bits per heavy atom. The number of amides is 1. The van der Waals surface area contributed by atoms with E-state index in [1.54, 1.807) is 0 Å². The van der Waals surface area contributed by atoms with Gasteiger partial charge in [0.05, 0.1) is 0 Å². The molecule has 0 spiro atoms. The Morgan fingerprint density at radius 3 is 2.42 bits per heavy atom. The zero-order chi connectivity index (χ0) is 17.2. The third kappa shape index (κ3) is 5.52. The molecular formula is C20H31NO3. The Kier molecular flexibility index (Phi) is 8.10. The molecule has 0 bridgehead atoms. The Bertz CT molecular complexity index is 477. The molecule has 4 nitrogen and oxygen atoms in total. The van der Waals surface area contributed by atoms with Gasteiger partial charge in [0.1, 0.15) is 6.61 Å². The maximum Gasteiger partial charge on any atom is 0.410 e. The minimum atomic E-state index is -0.175. The van der Waals surface area contributed by atoms with Crippen molar-refractivity contribution >= 4 is 6.09 Å². The molecule has 1 aliphatic rings. The van der Waals surface area contributed by atoms with Gasteiger partial charge in [-0.15, -0.1) is 0 Å². The molecule has 0 radical (unpaired) electrons. The first-order valence-corrected chi connectivity index (χ1v) is 9.36. The van der Waals surface area contributed by atoms with Crippen molar-refractivity contribution in [3.8, 4) is 0 Å². The third-order valence-electron chi connectivity index (χ3n) is 4.87. The second-order valence-electron chi connectivity index (χ2n) is 6.69. The molecule has 134 valence electrons. The fraction of sp³-hybridized carbons (Fsp3) is 0.650. The van der Waals surface area contributed by atoms with Gasteiger partial charge in [0, 0.05) is 18.7 Å². The topological polar surface area (TPSA) is 49.8 Å². The summed E-state index contributed by atoms with van der Waals surface area (Å²) < 4.78 is 5.60. The van der Waals surface area contributed by atoms with Gasteiger partial charge in [-0.25, -0.2) is 4.79 Å². The predicted molar refractivity (Wildman–Crippen MR) is 95.7 cm³/mol. The number of aliphatic hydroxyl groups is 1. The minimum absolute atomic E-state index is 0.175. The molecule has 2 rings (SSSR count). The molecule has 2 atom stereocenters. The van der Waals surface area contributed by atoms with Gasteiger partial charge in [-0.05, 0) is 44.1 Å². The summed E-state index contributed by atoms with van der Waals surface area (Å²) in [4.78, 5) is 14.7. The molecule has 4 heteroatoms. The van der Waals surface area contributed by atoms with E-state index in [1.165, 1.54) is 0 Å². The quantitative estimate of drug-likeness (QED) is 0.677. The van der Waals surface area contributed by atoms with E-state index in [-0.39, 0.29) is 18.7 Å². The third-order valence-corrected chi connectivity index (χ3v) is 4.87. The summed E-state index contributed by atoms with van der Waals surface area (Å²) in [6.07, 6.45) is 8.05. The lowest BCUT2D eigenvalue weighted by Crippen LogP contribution is -2.41. The van der Waals surface area contributed by atoms with Crippen molar-refractivity contribution in [1.29, 1.82) is 0 Å². The highest BCUT2D eigenvalue weighted by molar-refractivity contribution is 5.69. The SMILES string of the molecule is CCCC[C@@H]1CC[C@@H](CCCCO)N1C(=O)OCc1ccccc1. The monoisotopic (exact) mass is 333 g/mol. The van der Waals surface area contributed by atoms with Crippen LogP contribution in [-0.4, -0.2) is 34.8 Å². The Hall–Kier alpha value is -1.55. The lowest BCUT2D eigenvalue weighted by Gasteiger charge is -2.30. The number of aliphatic hydroxyl groups excluding tert-OH is 1. The van der Waals surface area contributed by atoms with Gasteiger partial charge in [0.15, 0.2) is 0 Å². The Morgan fingerprint density at radius 1 is 1.12 bits per heavy atom. The van der Waals surface area contributed by atoms with Crippen LogP contribution in [0.4, 0.5) is 4.79 Å². The molecule has 1 aromatic carbocycles. The fourth-order valence-corrected chi connectivity index (χ4v) is 3.55. The van der Waals surface area contributed by atoms with Gasteiger partial charge in [0.25, 0.3) is 0 Å². The summed E-state index contributed by atoms with van der Waals surface area (Å²) in [6, 6.07) is 10.4. The van der Waals surface area contributed by atoms with Crippen LogP contribution in [0.25, 0.3) is 0 Å². The average Bonchev–Trinajstić information content (AvgIpc) is 3.02. The van der Waals surface area contributed by atoms with Crippen LogP contribution < -0.4 is 0 Å². The molecule has 0 aliphatic carbocycles. The zero-order valence-corrected chi connectivity index (χ0v) is 14.8. The first kappa shape index (κ1) is 18.8. The second-order valence-corrected chi connectivity index (χ2v) is 6.69. The van der Waals surface area contributed by atoms with Gasteiger partial charge in [-0.2, -0.15) is 0 Å². The minimum Gasteiger partial charge on any atom is -0.445 e. The van der Waals surface area contributed by atoms with E-state index in [4.69, 9.17) is 9.84 Å². The Labute approximate surface area is 145 Å². The predicted octanol–water partition coefficient (Wildman–Crippen LogP) is 4.51. The van der Waals surface area contributed by atoms with E-state index in [0.29, 0.717) is 12.6 Å². The summed E-state index contributed by atoms with van der Waals surface area (Å²) in [5.74, 6) is 0. The van der Waals surface area contributed by atoms with Crippen LogP contribution in [-0.2, 0) is 11.3 Å². The summed E-state index contributed by atoms with van der Waals surface area (Å²) in [7, 11) is 0. The van der Waals surface area contributed by atoms with E-state index >= 15 is 0 Å². The maximum absolute atomic E-state index is 12.7. The van der Waals surface area contributed by atoms with Gasteiger partial charge in [-0.1, -0.05) is 50.1 Å². The highest BCUT2D eigenvalue weighted by Crippen LogP contribution is 2.31. The zero-order valence-electron chi connectivity index (χ0n) is 14.8. The van der Waals surface area contributed by atoms with Crippen LogP contribution in [0, 0.1) is 0 Å². The molecule has 1 heterocycles. The van der Waals surface area contributed by atoms with Crippen molar-refractivity contribution < 1.29 is 14.6 Å². The molecule has 0 unspecified atom stereocenters. The van der Waals surface area contributed by atoms with E-state index in [9.17, 15) is 4.79 Å². The molecule has 1 saturated heterocycles. The molecule has 0 saturated carbocycles. The van der Waals surface area contributed by atoms with Gasteiger partial charge in [0.2, 0.25) is 0 Å². The van der Waals surface area contributed by atoms with Crippen molar-refractivity contribution in [2.24, 2.45) is 0 Å². The lowest BCUT2D eigenvalue weighted by molar-refractivity contribution is 0.0742. The molecule has 0 aromatic heterocycles. The van der Waals surface area contributed by atoms with Crippen molar-refractivity contribution in [3.63, 3.8) is 0 Å². The highest BCUT2D eigenvalue weighted by atomic mass is 16.6. The maximum atomic E-state index is 12.7. The van der Waals surface area contributed by atoms with Crippen LogP contribution in [0.1, 0.15) is 63.9 Å². The van der Waals surface area contributed by atoms with Crippen molar-refractivity contribution in [1.82, 2.24) is 4.90 Å². The number of carbonyl (C=O) groups is 1. The number of nitrogens with zero attached hydrogens (tertiary/aromatic N) is 1. The smallest absolute Gasteiger partial charge is 0.410 e. The number of likely N-dealkylation sites (tertiary alicyclic amines) is 1. The van der Waals surface area contributed by atoms with Gasteiger partial charge < -0.3 is 14.7 Å². The molecule has 1 fully saturated rings. The molecule has 1 amide bonds. The van der Waals surface area contributed by atoms with Gasteiger partial charge in [-0.3, -0.25) is 0 Å². The lowest BCUT2D eigenvalue weighted by atomic mass is 10.1. The van der Waals surface area contributed by atoms with Crippen molar-refractivity contribution in [2.45, 2.75) is 77.0 Å². The summed E-state index contributed by atoms with van der Waals surface area (Å²) in [6.45, 7) is 2.75. The first-order chi connectivity index (χ1) is 11.8. The number of hydrogen-bond acceptors (Lipinski definition) is 3. The van der Waals surface area contributed by atoms with Crippen LogP contribution in [0.3, 0.4) is 0 Å². The van der Waals surface area contributed by atoms with Gasteiger partial charge >= 0.3 is 6.09 Å². The average molecular weight is 333 g/mol. The van der Waals surface area contributed by atoms with Crippen LogP contribution in [0.15, 0.2) is 30.3 Å². The van der Waals surface area contributed by atoms with Crippen molar-refractivity contribution in [3.05, 3.63) is 35.9 Å². The Balaban J connectivity index is 1.93. The number of carbonyl (C=O) groups excluding carboxylic acids is 1. The summed E-state index contributed by atoms with van der Waals surface area (Å²) in [5, 5.41) is 8.99. The molecular weight excluding hydrogens is 302 g/mol. The number of hydrogen-bond donors (Lipinski definition) is 1. The van der Waals surface area contributed by atoms with Crippen LogP contribution >= 0.6 is 0 Å². The summed E-state index contributed by atoms with van der Waals surface area (Å²) >= 11 is 0. The van der Waals surface area contributed by atoms with Crippen LogP contribution in [0.5, 0.6) is 0 Å². The van der Waals surface area contributed by atoms with E-state index < -0.39 is 0 Å². The van der Waals surface area contributed by atoms with Crippen LogP contribution in [0.2, 0.25) is 0 Å². The normalized spacial score (nSPS) is 20.3. The standard InChI is InChI=1S/C20H31NO3/c1-2-3-11-18-13-14-19(12-7-8-15-22)21(18)20(23)24-16-17-9-5-4-6-10-17/h4-6,9-10,18-19,22H,2-3,7-8,11-16H2,1H3/t18-,19-/m1/s1. The fourth-order valence-electron chi connectivity index (χ4n) is 3.55. The van der Waals surface area contributed by atoms with E-state index in [1.807, 2.05) is 35.2 Å². The summed E-state index contributed by atoms with van der Waals surface area (Å²) in [5.41, 5.74) is 1.02. The largest absolute Gasteiger partial charge is 0.445 e. The first-order valence-electron chi connectivity index (χ1n) is 9.36. The number of ether oxygens (including phenoxy) is 1. The molecule has 1 aromatic rings. The highest BCUT2D eigenvalue weighted by Gasteiger charge is 2.36. The molecule has 1 N–H and O–H groups in total. The second kappa shape index (κ2) is 10.3.